The number of halogens is 2. The van der Waals surface area contributed by atoms with Crippen molar-refractivity contribution < 1.29 is 54.5 Å². The number of nitrogens with one attached hydrogen (secondary N) is 1. The Morgan fingerprint density at radius 1 is 0.816 bits per heavy atom. The summed E-state index contributed by atoms with van der Waals surface area (Å²) < 4.78 is 97.3. The summed E-state index contributed by atoms with van der Waals surface area (Å²) in [6.07, 6.45) is -1.39. The third-order valence-corrected chi connectivity index (χ3v) is 8.61. The fourth-order valence-electron chi connectivity index (χ4n) is 4.13. The van der Waals surface area contributed by atoms with Crippen LogP contribution in [0.4, 0.5) is 48.7 Å². The number of phenolic OH excluding ortho intramolecular Hbond substituents is 1. The molecule has 4 aromatic carbocycles. The minimum atomic E-state index is -4.91. The molecular weight excluding hydrogens is 719 g/mol. The number of anilines is 3. The number of azo groups is 2. The summed E-state index contributed by atoms with van der Waals surface area (Å²) in [4.78, 5) is 5.01. The van der Waals surface area contributed by atoms with E-state index in [1.54, 1.807) is 0 Å². The number of aromatic hydroxyl groups is 1. The van der Waals surface area contributed by atoms with Crippen LogP contribution in [0.3, 0.4) is 0 Å². The van der Waals surface area contributed by atoms with Crippen molar-refractivity contribution >= 4 is 83.0 Å². The van der Waals surface area contributed by atoms with Crippen LogP contribution in [0.25, 0.3) is 10.8 Å². The first kappa shape index (κ1) is 35.0. The minimum Gasteiger partial charge on any atom is -0.505 e. The molecule has 1 heterocycles. The average molecular weight is 737 g/mol. The van der Waals surface area contributed by atoms with Crippen molar-refractivity contribution in [3.8, 4) is 5.75 Å². The maximum Gasteiger partial charge on any atom is 0.313 e. The Labute approximate surface area is 277 Å². The molecule has 254 valence electrons. The van der Waals surface area contributed by atoms with Gasteiger partial charge in [0, 0.05) is 22.5 Å². The first-order chi connectivity index (χ1) is 23.1. The van der Waals surface area contributed by atoms with E-state index in [4.69, 9.17) is 11.0 Å². The van der Waals surface area contributed by atoms with E-state index in [1.807, 2.05) is 0 Å². The minimum absolute atomic E-state index is 0.00643. The monoisotopic (exact) mass is 736 g/mol. The van der Waals surface area contributed by atoms with Gasteiger partial charge in [-0.1, -0.05) is 5.04 Å². The molecule has 0 amide bonds. The normalized spacial score (nSPS) is 12.3. The number of hydrogen-bond acceptors (Lipinski definition) is 17. The highest BCUT2D eigenvalue weighted by Crippen LogP contribution is 2.48. The second-order valence-corrected chi connectivity index (χ2v) is 12.9. The zero-order valence-electron chi connectivity index (χ0n) is 23.8. The topological polar surface area (TPSA) is 281 Å². The zero-order valence-corrected chi connectivity index (χ0v) is 26.3. The van der Waals surface area contributed by atoms with E-state index in [2.05, 4.69) is 45.1 Å². The summed E-state index contributed by atoms with van der Waals surface area (Å²) in [6.45, 7) is 0. The second-order valence-electron chi connectivity index (χ2n) is 9.39. The predicted molar refractivity (Wildman–Crippen MR) is 167 cm³/mol. The number of nitrogen functional groups attached to an aromatic ring is 1. The Kier molecular flexibility index (Phi) is 10.1. The van der Waals surface area contributed by atoms with Crippen LogP contribution in [-0.4, -0.2) is 46.3 Å². The number of fused-ring (bicyclic) bond motifs is 1. The SMILES string of the molecule is Nc1ccc2c(O)c(N=Nc3cc(Nc4cc(F)nc(F)n4)ccc3S(=O)(=O)O)c(SOOO)cc2c1N=Nc1ccc(S(=O)(=O)O)cc1. The Hall–Kier alpha value is -5.27. The number of nitrogens with zero attached hydrogens (tertiary/aromatic N) is 6. The second kappa shape index (κ2) is 14.1. The first-order valence-corrected chi connectivity index (χ1v) is 16.5. The highest BCUT2D eigenvalue weighted by Gasteiger charge is 2.21. The van der Waals surface area contributed by atoms with Crippen LogP contribution in [0.1, 0.15) is 0 Å². The molecule has 7 N–H and O–H groups in total. The van der Waals surface area contributed by atoms with Crippen LogP contribution in [0.5, 0.6) is 5.75 Å². The molecule has 0 unspecified atom stereocenters. The summed E-state index contributed by atoms with van der Waals surface area (Å²) in [5.41, 5.74) is 5.46. The summed E-state index contributed by atoms with van der Waals surface area (Å²) in [6, 6.07) is 12.6. The van der Waals surface area contributed by atoms with Gasteiger partial charge in [-0.05, 0) is 60.7 Å². The standard InChI is InChI=1S/C26H18F2N8O10S3/c27-21-11-22(32-26(28)31-21)30-13-3-8-20(49(42,43)44)18(9-13)34-36-24-19(47-46-45-38)10-16-15(25(24)37)6-7-17(29)23(16)35-33-12-1-4-14(5-2-12)48(39,40)41/h1-11,37-38H,29H2,(H,30,31,32)(H,39,40,41)(H,42,43,44). The summed E-state index contributed by atoms with van der Waals surface area (Å²) in [7, 11) is -9.36. The van der Waals surface area contributed by atoms with Gasteiger partial charge in [0.05, 0.1) is 33.2 Å². The largest absolute Gasteiger partial charge is 0.505 e. The Morgan fingerprint density at radius 2 is 1.53 bits per heavy atom. The van der Waals surface area contributed by atoms with Crippen molar-refractivity contribution in [2.75, 3.05) is 11.1 Å². The van der Waals surface area contributed by atoms with Crippen LogP contribution in [0.2, 0.25) is 0 Å². The number of hydrogen-bond donors (Lipinski definition) is 6. The van der Waals surface area contributed by atoms with Crippen LogP contribution in [-0.2, 0) is 29.6 Å². The van der Waals surface area contributed by atoms with E-state index in [0.29, 0.717) is 12.0 Å². The lowest BCUT2D eigenvalue weighted by Gasteiger charge is -2.12. The molecule has 0 spiro atoms. The van der Waals surface area contributed by atoms with Crippen molar-refractivity contribution in [1.82, 2.24) is 9.97 Å². The molecule has 5 aromatic rings. The third-order valence-electron chi connectivity index (χ3n) is 6.23. The maximum atomic E-state index is 13.5. The number of rotatable bonds is 11. The molecule has 0 bridgehead atoms. The number of benzene rings is 4. The quantitative estimate of drug-likeness (QED) is 0.0120. The van der Waals surface area contributed by atoms with Crippen molar-refractivity contribution in [2.45, 2.75) is 14.7 Å². The third kappa shape index (κ3) is 8.24. The van der Waals surface area contributed by atoms with Gasteiger partial charge in [-0.2, -0.15) is 40.7 Å². The van der Waals surface area contributed by atoms with Gasteiger partial charge in [0.1, 0.15) is 27.8 Å². The molecule has 0 aliphatic carbocycles. The van der Waals surface area contributed by atoms with Gasteiger partial charge in [-0.15, -0.1) is 19.7 Å². The average Bonchev–Trinajstić information content (AvgIpc) is 3.01. The summed E-state index contributed by atoms with van der Waals surface area (Å²) in [5.74, 6) is -2.13. The smallest absolute Gasteiger partial charge is 0.313 e. The lowest BCUT2D eigenvalue weighted by molar-refractivity contribution is -0.432. The molecule has 5 rings (SSSR count). The molecule has 23 heteroatoms. The summed E-state index contributed by atoms with van der Waals surface area (Å²) >= 11 is 0.317. The van der Waals surface area contributed by atoms with Gasteiger partial charge >= 0.3 is 6.08 Å². The Morgan fingerprint density at radius 3 is 2.18 bits per heavy atom. The summed E-state index contributed by atoms with van der Waals surface area (Å²) in [5, 5.41) is 42.4. The van der Waals surface area contributed by atoms with E-state index >= 15 is 0 Å². The van der Waals surface area contributed by atoms with E-state index in [-0.39, 0.29) is 54.8 Å². The molecule has 1 aromatic heterocycles. The maximum absolute atomic E-state index is 13.5. The van der Waals surface area contributed by atoms with E-state index in [1.165, 1.54) is 30.3 Å². The fraction of sp³-hybridized carbons (Fsp3) is 0. The van der Waals surface area contributed by atoms with E-state index in [0.717, 1.165) is 36.4 Å². The predicted octanol–water partition coefficient (Wildman–Crippen LogP) is 6.69. The van der Waals surface area contributed by atoms with Gasteiger partial charge in [0.15, 0.2) is 5.75 Å². The molecule has 0 radical (unpaired) electrons. The molecule has 0 saturated carbocycles. The highest BCUT2D eigenvalue weighted by atomic mass is 32.2. The van der Waals surface area contributed by atoms with Gasteiger partial charge in [-0.25, -0.2) is 5.26 Å². The van der Waals surface area contributed by atoms with Crippen LogP contribution < -0.4 is 11.1 Å². The molecule has 18 nitrogen and oxygen atoms in total. The molecule has 0 aliphatic heterocycles. The van der Waals surface area contributed by atoms with Gasteiger partial charge < -0.3 is 16.2 Å². The van der Waals surface area contributed by atoms with Gasteiger partial charge in [-0.3, -0.25) is 9.11 Å². The van der Waals surface area contributed by atoms with E-state index in [9.17, 15) is 39.8 Å². The molecule has 0 fully saturated rings. The first-order valence-electron chi connectivity index (χ1n) is 12.9. The molecular formula is C26H18F2N8O10S3. The number of aromatic nitrogens is 2. The van der Waals surface area contributed by atoms with Gasteiger partial charge in [0.2, 0.25) is 5.95 Å². The lowest BCUT2D eigenvalue weighted by atomic mass is 10.1. The fourth-order valence-corrected chi connectivity index (χ4v) is 5.70. The van der Waals surface area contributed by atoms with Crippen molar-refractivity contribution in [3.05, 3.63) is 78.8 Å². The zero-order chi connectivity index (χ0) is 35.5. The molecule has 0 atom stereocenters. The van der Waals surface area contributed by atoms with Gasteiger partial charge in [0.25, 0.3) is 20.2 Å². The Bertz CT molecular complexity index is 2350. The van der Waals surface area contributed by atoms with Crippen molar-refractivity contribution in [1.29, 1.82) is 0 Å². The Balaban J connectivity index is 1.59. The van der Waals surface area contributed by atoms with Crippen molar-refractivity contribution in [2.24, 2.45) is 20.5 Å². The van der Waals surface area contributed by atoms with Crippen molar-refractivity contribution in [3.63, 3.8) is 0 Å². The highest BCUT2D eigenvalue weighted by molar-refractivity contribution is 7.94. The molecule has 0 aliphatic rings. The van der Waals surface area contributed by atoms with Crippen LogP contribution in [0.15, 0.2) is 102 Å². The molecule has 49 heavy (non-hydrogen) atoms. The number of nitrogens with two attached hydrogens (primary N) is 1. The molecule has 0 saturated heterocycles. The van der Waals surface area contributed by atoms with E-state index < -0.39 is 48.6 Å². The number of phenols is 1. The van der Waals surface area contributed by atoms with Crippen LogP contribution >= 0.6 is 12.0 Å². The van der Waals surface area contributed by atoms with Crippen LogP contribution in [0, 0.1) is 12.0 Å². The lowest BCUT2D eigenvalue weighted by Crippen LogP contribution is -2.02.